The lowest BCUT2D eigenvalue weighted by atomic mass is 10.0. The fourth-order valence-electron chi connectivity index (χ4n) is 2.21. The SMILES string of the molecule is Cn1nnc(CN2CCC(CCC(=O)O)C2)n1. The summed E-state index contributed by atoms with van der Waals surface area (Å²) in [6.45, 7) is 2.63. The first kappa shape index (κ1) is 12.0. The molecule has 0 radical (unpaired) electrons. The van der Waals surface area contributed by atoms with Gasteiger partial charge in [-0.15, -0.1) is 10.2 Å². The molecule has 1 aromatic rings. The molecule has 1 aromatic heterocycles. The van der Waals surface area contributed by atoms with Crippen molar-refractivity contribution in [1.29, 1.82) is 0 Å². The van der Waals surface area contributed by atoms with E-state index >= 15 is 0 Å². The molecule has 1 aliphatic rings. The van der Waals surface area contributed by atoms with Crippen LogP contribution in [0.4, 0.5) is 0 Å². The number of aromatic nitrogens is 4. The summed E-state index contributed by atoms with van der Waals surface area (Å²) in [7, 11) is 1.75. The van der Waals surface area contributed by atoms with Crippen LogP contribution in [0.5, 0.6) is 0 Å². The third kappa shape index (κ3) is 3.48. The van der Waals surface area contributed by atoms with E-state index in [1.807, 2.05) is 0 Å². The van der Waals surface area contributed by atoms with E-state index in [9.17, 15) is 4.79 Å². The van der Waals surface area contributed by atoms with Gasteiger partial charge in [0.1, 0.15) is 0 Å². The number of aryl methyl sites for hydroxylation is 1. The Morgan fingerprint density at radius 1 is 1.59 bits per heavy atom. The van der Waals surface area contributed by atoms with Gasteiger partial charge in [-0.2, -0.15) is 4.80 Å². The third-order valence-corrected chi connectivity index (χ3v) is 3.05. The lowest BCUT2D eigenvalue weighted by Crippen LogP contribution is -2.21. The van der Waals surface area contributed by atoms with Crippen molar-refractivity contribution in [2.45, 2.75) is 25.8 Å². The molecule has 0 aliphatic carbocycles. The van der Waals surface area contributed by atoms with Crippen molar-refractivity contribution >= 4 is 5.97 Å². The second-order valence-corrected chi connectivity index (χ2v) is 4.52. The number of rotatable bonds is 5. The number of carboxylic acids is 1. The van der Waals surface area contributed by atoms with E-state index in [1.54, 1.807) is 7.05 Å². The van der Waals surface area contributed by atoms with Gasteiger partial charge in [0.05, 0.1) is 13.6 Å². The standard InChI is InChI=1S/C10H17N5O2/c1-14-12-9(11-13-14)7-15-5-4-8(6-15)2-3-10(16)17/h8H,2-7H2,1H3,(H,16,17). The molecular formula is C10H17N5O2. The van der Waals surface area contributed by atoms with Crippen molar-refractivity contribution in [3.63, 3.8) is 0 Å². The average molecular weight is 239 g/mol. The molecule has 1 saturated heterocycles. The molecule has 1 unspecified atom stereocenters. The van der Waals surface area contributed by atoms with Crippen LogP contribution < -0.4 is 0 Å². The normalized spacial score (nSPS) is 20.9. The Morgan fingerprint density at radius 2 is 2.41 bits per heavy atom. The first-order valence-corrected chi connectivity index (χ1v) is 5.80. The number of hydrogen-bond acceptors (Lipinski definition) is 5. The summed E-state index contributed by atoms with van der Waals surface area (Å²) < 4.78 is 0. The summed E-state index contributed by atoms with van der Waals surface area (Å²) in [6.07, 6.45) is 2.09. The number of likely N-dealkylation sites (tertiary alicyclic amines) is 1. The molecule has 1 aliphatic heterocycles. The Bertz CT molecular complexity index is 392. The molecule has 94 valence electrons. The van der Waals surface area contributed by atoms with Gasteiger partial charge < -0.3 is 5.11 Å². The summed E-state index contributed by atoms with van der Waals surface area (Å²) in [4.78, 5) is 14.2. The van der Waals surface area contributed by atoms with Gasteiger partial charge in [-0.25, -0.2) is 0 Å². The Balaban J connectivity index is 1.76. The Hall–Kier alpha value is -1.50. The quantitative estimate of drug-likeness (QED) is 0.772. The lowest BCUT2D eigenvalue weighted by Gasteiger charge is -2.12. The van der Waals surface area contributed by atoms with Crippen molar-refractivity contribution in [1.82, 2.24) is 25.1 Å². The van der Waals surface area contributed by atoms with E-state index in [1.165, 1.54) is 4.80 Å². The van der Waals surface area contributed by atoms with Crippen LogP contribution in [0.3, 0.4) is 0 Å². The minimum absolute atomic E-state index is 0.266. The number of carboxylic acid groups (broad SMARTS) is 1. The van der Waals surface area contributed by atoms with Gasteiger partial charge in [-0.1, -0.05) is 0 Å². The van der Waals surface area contributed by atoms with Crippen molar-refractivity contribution in [2.24, 2.45) is 13.0 Å². The van der Waals surface area contributed by atoms with Crippen LogP contribution >= 0.6 is 0 Å². The van der Waals surface area contributed by atoms with E-state index in [0.29, 0.717) is 12.5 Å². The van der Waals surface area contributed by atoms with Crippen molar-refractivity contribution in [2.75, 3.05) is 13.1 Å². The number of aliphatic carboxylic acids is 1. The fraction of sp³-hybridized carbons (Fsp3) is 0.800. The predicted octanol–water partition coefficient (Wildman–Crippen LogP) is -0.103. The average Bonchev–Trinajstić information content (AvgIpc) is 2.86. The zero-order valence-corrected chi connectivity index (χ0v) is 9.91. The summed E-state index contributed by atoms with van der Waals surface area (Å²) >= 11 is 0. The van der Waals surface area contributed by atoms with Gasteiger partial charge in [0.2, 0.25) is 0 Å². The Morgan fingerprint density at radius 3 is 3.06 bits per heavy atom. The topological polar surface area (TPSA) is 84.1 Å². The molecule has 1 N–H and O–H groups in total. The van der Waals surface area contributed by atoms with Gasteiger partial charge in [-0.05, 0) is 30.5 Å². The maximum atomic E-state index is 10.5. The van der Waals surface area contributed by atoms with Crippen molar-refractivity contribution < 1.29 is 9.90 Å². The van der Waals surface area contributed by atoms with E-state index < -0.39 is 5.97 Å². The van der Waals surface area contributed by atoms with Gasteiger partial charge in [0.15, 0.2) is 5.82 Å². The second-order valence-electron chi connectivity index (χ2n) is 4.52. The van der Waals surface area contributed by atoms with Crippen LogP contribution in [0, 0.1) is 5.92 Å². The largest absolute Gasteiger partial charge is 0.481 e. The molecule has 7 heteroatoms. The van der Waals surface area contributed by atoms with E-state index in [4.69, 9.17) is 5.11 Å². The van der Waals surface area contributed by atoms with Crippen LogP contribution in [0.15, 0.2) is 0 Å². The molecule has 1 atom stereocenters. The van der Waals surface area contributed by atoms with Gasteiger partial charge in [-0.3, -0.25) is 9.69 Å². The highest BCUT2D eigenvalue weighted by atomic mass is 16.4. The Kier molecular flexibility index (Phi) is 3.68. The van der Waals surface area contributed by atoms with Crippen molar-refractivity contribution in [3.05, 3.63) is 5.82 Å². The van der Waals surface area contributed by atoms with E-state index in [-0.39, 0.29) is 6.42 Å². The summed E-state index contributed by atoms with van der Waals surface area (Å²) in [5.74, 6) is 0.508. The van der Waals surface area contributed by atoms with Crippen LogP contribution in [-0.2, 0) is 18.4 Å². The van der Waals surface area contributed by atoms with E-state index in [2.05, 4.69) is 20.3 Å². The van der Waals surface area contributed by atoms with Gasteiger partial charge in [0, 0.05) is 13.0 Å². The van der Waals surface area contributed by atoms with Gasteiger partial charge in [0.25, 0.3) is 0 Å². The molecule has 0 aromatic carbocycles. The van der Waals surface area contributed by atoms with Crippen LogP contribution in [0.1, 0.15) is 25.1 Å². The predicted molar refractivity (Wildman–Crippen MR) is 59.1 cm³/mol. The van der Waals surface area contributed by atoms with E-state index in [0.717, 1.165) is 31.8 Å². The highest BCUT2D eigenvalue weighted by Crippen LogP contribution is 2.21. The molecule has 17 heavy (non-hydrogen) atoms. The smallest absolute Gasteiger partial charge is 0.303 e. The minimum Gasteiger partial charge on any atom is -0.481 e. The monoisotopic (exact) mass is 239 g/mol. The molecule has 1 fully saturated rings. The highest BCUT2D eigenvalue weighted by molar-refractivity contribution is 5.66. The Labute approximate surface area is 99.4 Å². The fourth-order valence-corrected chi connectivity index (χ4v) is 2.21. The molecular weight excluding hydrogens is 222 g/mol. The molecule has 0 spiro atoms. The number of nitrogens with zero attached hydrogens (tertiary/aromatic N) is 5. The third-order valence-electron chi connectivity index (χ3n) is 3.05. The van der Waals surface area contributed by atoms with Crippen molar-refractivity contribution in [3.8, 4) is 0 Å². The molecule has 0 amide bonds. The molecule has 0 saturated carbocycles. The molecule has 0 bridgehead atoms. The van der Waals surface area contributed by atoms with Crippen LogP contribution in [0.2, 0.25) is 0 Å². The lowest BCUT2D eigenvalue weighted by molar-refractivity contribution is -0.137. The summed E-state index contributed by atoms with van der Waals surface area (Å²) in [5, 5.41) is 20.5. The minimum atomic E-state index is -0.709. The first-order chi connectivity index (χ1) is 8.13. The number of hydrogen-bond donors (Lipinski definition) is 1. The molecule has 2 rings (SSSR count). The molecule has 2 heterocycles. The van der Waals surface area contributed by atoms with Gasteiger partial charge >= 0.3 is 5.97 Å². The zero-order valence-electron chi connectivity index (χ0n) is 9.91. The summed E-state index contributed by atoms with van der Waals surface area (Å²) in [5.41, 5.74) is 0. The maximum absolute atomic E-state index is 10.5. The number of tetrazole rings is 1. The second kappa shape index (κ2) is 5.22. The maximum Gasteiger partial charge on any atom is 0.303 e. The number of carbonyl (C=O) groups is 1. The highest BCUT2D eigenvalue weighted by Gasteiger charge is 2.23. The summed E-state index contributed by atoms with van der Waals surface area (Å²) in [6, 6.07) is 0. The first-order valence-electron chi connectivity index (χ1n) is 5.80. The van der Waals surface area contributed by atoms with Crippen LogP contribution in [0.25, 0.3) is 0 Å². The zero-order chi connectivity index (χ0) is 12.3. The van der Waals surface area contributed by atoms with Crippen LogP contribution in [-0.4, -0.2) is 49.3 Å². The molecule has 7 nitrogen and oxygen atoms in total.